The zero-order valence-corrected chi connectivity index (χ0v) is 11.1. The minimum absolute atomic E-state index is 0.978. The Hall–Kier alpha value is -1.48. The van der Waals surface area contributed by atoms with E-state index in [-0.39, 0.29) is 0 Å². The molecule has 2 aromatic rings. The number of thiophene rings is 1. The van der Waals surface area contributed by atoms with Crippen LogP contribution in [0.5, 0.6) is 0 Å². The molecule has 0 radical (unpaired) electrons. The van der Waals surface area contributed by atoms with Crippen molar-refractivity contribution >= 4 is 22.7 Å². The summed E-state index contributed by atoms with van der Waals surface area (Å²) in [6.07, 6.45) is 1.08. The molecule has 0 atom stereocenters. The van der Waals surface area contributed by atoms with Crippen molar-refractivity contribution < 1.29 is 0 Å². The first-order valence-electron chi connectivity index (χ1n) is 5.80. The van der Waals surface area contributed by atoms with Gasteiger partial charge in [-0.3, -0.25) is 0 Å². The van der Waals surface area contributed by atoms with Gasteiger partial charge in [-0.2, -0.15) is 0 Å². The summed E-state index contributed by atoms with van der Waals surface area (Å²) in [5.74, 6) is 0. The average molecular weight is 246 g/mol. The van der Waals surface area contributed by atoms with E-state index in [1.807, 2.05) is 11.3 Å². The lowest BCUT2D eigenvalue weighted by Gasteiger charge is -2.18. The van der Waals surface area contributed by atoms with Crippen LogP contribution in [0.4, 0.5) is 11.4 Å². The van der Waals surface area contributed by atoms with Gasteiger partial charge in [0.2, 0.25) is 0 Å². The van der Waals surface area contributed by atoms with E-state index in [2.05, 4.69) is 66.1 Å². The second-order valence-electron chi connectivity index (χ2n) is 4.17. The van der Waals surface area contributed by atoms with Crippen LogP contribution in [-0.2, 0) is 6.42 Å². The van der Waals surface area contributed by atoms with Crippen molar-refractivity contribution in [2.24, 2.45) is 0 Å². The number of rotatable bonds is 5. The van der Waals surface area contributed by atoms with Crippen molar-refractivity contribution in [3.63, 3.8) is 0 Å². The first-order valence-corrected chi connectivity index (χ1v) is 6.68. The predicted octanol–water partition coefficient (Wildman–Crippen LogP) is 3.47. The Morgan fingerprint density at radius 3 is 2.65 bits per heavy atom. The van der Waals surface area contributed by atoms with Gasteiger partial charge in [0.15, 0.2) is 0 Å². The van der Waals surface area contributed by atoms with E-state index < -0.39 is 0 Å². The zero-order valence-electron chi connectivity index (χ0n) is 10.3. The molecule has 90 valence electrons. The van der Waals surface area contributed by atoms with Crippen LogP contribution in [0.1, 0.15) is 4.88 Å². The molecule has 0 aliphatic heterocycles. The summed E-state index contributed by atoms with van der Waals surface area (Å²) in [7, 11) is 4.14. The van der Waals surface area contributed by atoms with Gasteiger partial charge in [0.1, 0.15) is 0 Å². The van der Waals surface area contributed by atoms with E-state index in [1.165, 1.54) is 16.3 Å². The van der Waals surface area contributed by atoms with Crippen molar-refractivity contribution in [3.8, 4) is 0 Å². The molecular weight excluding hydrogens is 228 g/mol. The van der Waals surface area contributed by atoms with Gasteiger partial charge >= 0.3 is 0 Å². The molecule has 2 rings (SSSR count). The maximum Gasteiger partial charge on any atom is 0.0596 e. The molecule has 1 N–H and O–H groups in total. The molecule has 0 fully saturated rings. The quantitative estimate of drug-likeness (QED) is 0.869. The van der Waals surface area contributed by atoms with Crippen LogP contribution >= 0.6 is 11.3 Å². The number of nitrogens with one attached hydrogen (secondary N) is 1. The fourth-order valence-corrected chi connectivity index (χ4v) is 2.50. The molecule has 1 aromatic heterocycles. The fourth-order valence-electron chi connectivity index (χ4n) is 1.79. The molecule has 0 spiro atoms. The second kappa shape index (κ2) is 5.73. The van der Waals surface area contributed by atoms with Gasteiger partial charge in [-0.05, 0) is 30.0 Å². The van der Waals surface area contributed by atoms with Crippen molar-refractivity contribution in [1.29, 1.82) is 0 Å². The van der Waals surface area contributed by atoms with Crippen LogP contribution in [0.2, 0.25) is 0 Å². The Kier molecular flexibility index (Phi) is 4.04. The number of para-hydroxylation sites is 2. The number of nitrogens with zero attached hydrogens (tertiary/aromatic N) is 1. The lowest BCUT2D eigenvalue weighted by Crippen LogP contribution is -2.13. The summed E-state index contributed by atoms with van der Waals surface area (Å²) >= 11 is 1.82. The highest BCUT2D eigenvalue weighted by Crippen LogP contribution is 2.23. The van der Waals surface area contributed by atoms with Gasteiger partial charge in [0.05, 0.1) is 11.4 Å². The van der Waals surface area contributed by atoms with Crippen molar-refractivity contribution in [2.45, 2.75) is 6.42 Å². The normalized spacial score (nSPS) is 10.2. The van der Waals surface area contributed by atoms with Crippen LogP contribution in [0.15, 0.2) is 41.8 Å². The van der Waals surface area contributed by atoms with Gasteiger partial charge in [-0.15, -0.1) is 11.3 Å². The topological polar surface area (TPSA) is 15.3 Å². The molecule has 0 saturated heterocycles. The van der Waals surface area contributed by atoms with E-state index in [0.717, 1.165) is 13.0 Å². The Morgan fingerprint density at radius 2 is 1.94 bits per heavy atom. The van der Waals surface area contributed by atoms with Gasteiger partial charge in [0.25, 0.3) is 0 Å². The Bertz CT molecular complexity index is 449. The molecular formula is C14H18N2S. The van der Waals surface area contributed by atoms with Gasteiger partial charge in [-0.1, -0.05) is 18.2 Å². The van der Waals surface area contributed by atoms with Crippen LogP contribution in [-0.4, -0.2) is 20.6 Å². The van der Waals surface area contributed by atoms with E-state index in [9.17, 15) is 0 Å². The van der Waals surface area contributed by atoms with E-state index in [1.54, 1.807) is 0 Å². The Labute approximate surface area is 107 Å². The smallest absolute Gasteiger partial charge is 0.0596 e. The average Bonchev–Trinajstić information content (AvgIpc) is 2.82. The third-order valence-corrected chi connectivity index (χ3v) is 3.59. The number of hydrogen-bond donors (Lipinski definition) is 1. The molecule has 0 amide bonds. The third kappa shape index (κ3) is 3.24. The molecule has 1 heterocycles. The number of benzene rings is 1. The molecule has 0 aliphatic carbocycles. The summed E-state index contributed by atoms with van der Waals surface area (Å²) in [5, 5.41) is 5.63. The minimum Gasteiger partial charge on any atom is -0.383 e. The van der Waals surface area contributed by atoms with E-state index >= 15 is 0 Å². The monoisotopic (exact) mass is 246 g/mol. The molecule has 2 nitrogen and oxygen atoms in total. The highest BCUT2D eigenvalue weighted by atomic mass is 32.1. The summed E-state index contributed by atoms with van der Waals surface area (Å²) in [6.45, 7) is 0.978. The van der Waals surface area contributed by atoms with Gasteiger partial charge in [0, 0.05) is 25.5 Å². The van der Waals surface area contributed by atoms with E-state index in [4.69, 9.17) is 0 Å². The summed E-state index contributed by atoms with van der Waals surface area (Å²) in [5.41, 5.74) is 2.44. The maximum absolute atomic E-state index is 3.50. The number of anilines is 2. The molecule has 0 aliphatic rings. The first kappa shape index (κ1) is 12.0. The van der Waals surface area contributed by atoms with Crippen LogP contribution in [0.25, 0.3) is 0 Å². The molecule has 17 heavy (non-hydrogen) atoms. The summed E-state index contributed by atoms with van der Waals surface area (Å²) < 4.78 is 0. The number of hydrogen-bond acceptors (Lipinski definition) is 3. The van der Waals surface area contributed by atoms with Crippen molar-refractivity contribution in [3.05, 3.63) is 46.7 Å². The highest BCUT2D eigenvalue weighted by molar-refractivity contribution is 7.09. The minimum atomic E-state index is 0.978. The Morgan fingerprint density at radius 1 is 1.12 bits per heavy atom. The molecule has 0 bridgehead atoms. The summed E-state index contributed by atoms with van der Waals surface area (Å²) in [6, 6.07) is 12.7. The molecule has 1 aromatic carbocycles. The van der Waals surface area contributed by atoms with E-state index in [0.29, 0.717) is 0 Å². The predicted molar refractivity (Wildman–Crippen MR) is 77.3 cm³/mol. The lowest BCUT2D eigenvalue weighted by atomic mass is 10.2. The third-order valence-electron chi connectivity index (χ3n) is 2.65. The Balaban J connectivity index is 1.94. The van der Waals surface area contributed by atoms with Crippen LogP contribution in [0, 0.1) is 0 Å². The van der Waals surface area contributed by atoms with Gasteiger partial charge in [-0.25, -0.2) is 0 Å². The van der Waals surface area contributed by atoms with Crippen molar-refractivity contribution in [2.75, 3.05) is 30.9 Å². The fraction of sp³-hybridized carbons (Fsp3) is 0.286. The molecule has 0 unspecified atom stereocenters. The van der Waals surface area contributed by atoms with Crippen LogP contribution < -0.4 is 10.2 Å². The van der Waals surface area contributed by atoms with Crippen molar-refractivity contribution in [1.82, 2.24) is 0 Å². The first-order chi connectivity index (χ1) is 8.27. The molecule has 3 heteroatoms. The SMILES string of the molecule is CN(C)c1ccccc1NCCc1cccs1. The molecule has 0 saturated carbocycles. The highest BCUT2D eigenvalue weighted by Gasteiger charge is 2.02. The zero-order chi connectivity index (χ0) is 12.1. The largest absolute Gasteiger partial charge is 0.383 e. The summed E-state index contributed by atoms with van der Waals surface area (Å²) in [4.78, 5) is 3.56. The van der Waals surface area contributed by atoms with Gasteiger partial charge < -0.3 is 10.2 Å². The lowest BCUT2D eigenvalue weighted by molar-refractivity contribution is 1.04. The maximum atomic E-state index is 3.50. The standard InChI is InChI=1S/C14H18N2S/c1-16(2)14-8-4-3-7-13(14)15-10-9-12-6-5-11-17-12/h3-8,11,15H,9-10H2,1-2H3. The van der Waals surface area contributed by atoms with Crippen LogP contribution in [0.3, 0.4) is 0 Å². The second-order valence-corrected chi connectivity index (χ2v) is 5.20.